The van der Waals surface area contributed by atoms with E-state index in [-0.39, 0.29) is 6.54 Å². The molecule has 0 radical (unpaired) electrons. The van der Waals surface area contributed by atoms with Crippen molar-refractivity contribution in [3.8, 4) is 5.75 Å². The molecule has 2 N–H and O–H groups in total. The third-order valence-corrected chi connectivity index (χ3v) is 4.98. The summed E-state index contributed by atoms with van der Waals surface area (Å²) in [5.41, 5.74) is -0.0175. The van der Waals surface area contributed by atoms with E-state index in [0.717, 1.165) is 4.47 Å². The second kappa shape index (κ2) is 6.25. The van der Waals surface area contributed by atoms with Crippen LogP contribution in [0.4, 0.5) is 0 Å². The monoisotopic (exact) mass is 401 g/mol. The lowest BCUT2D eigenvalue weighted by Gasteiger charge is -2.36. The number of aromatic nitrogens is 3. The number of aliphatic hydroxyl groups is 2. The summed E-state index contributed by atoms with van der Waals surface area (Å²) in [6, 6.07) is 14.6. The molecule has 1 aliphatic rings. The van der Waals surface area contributed by atoms with Crippen LogP contribution in [0.3, 0.4) is 0 Å². The first-order valence-corrected chi connectivity index (χ1v) is 8.61. The second-order valence-electron chi connectivity index (χ2n) is 6.05. The minimum absolute atomic E-state index is 0.149. The van der Waals surface area contributed by atoms with E-state index in [4.69, 9.17) is 4.74 Å². The minimum Gasteiger partial charge on any atom is -0.479 e. The van der Waals surface area contributed by atoms with Crippen LogP contribution in [0.25, 0.3) is 0 Å². The van der Waals surface area contributed by atoms with Crippen LogP contribution in [0.15, 0.2) is 65.7 Å². The average Bonchev–Trinajstić information content (AvgIpc) is 3.23. The fourth-order valence-corrected chi connectivity index (χ4v) is 3.62. The number of hydrogen-bond donors (Lipinski definition) is 2. The van der Waals surface area contributed by atoms with Crippen molar-refractivity contribution >= 4 is 15.9 Å². The van der Waals surface area contributed by atoms with Crippen LogP contribution in [-0.4, -0.2) is 30.6 Å². The standard InChI is InChI=1S/C18H16BrN3O3/c19-13-6-7-15-14(8-13)17(24)18(25-15,9-22-11-20-10-21-22)16(23)12-4-2-1-3-5-12/h1-8,10-11,16-17,23-24H,9H2. The van der Waals surface area contributed by atoms with Crippen molar-refractivity contribution in [1.82, 2.24) is 14.8 Å². The Morgan fingerprint density at radius 2 is 2.04 bits per heavy atom. The molecule has 1 aromatic heterocycles. The molecule has 6 nitrogen and oxygen atoms in total. The summed E-state index contributed by atoms with van der Waals surface area (Å²) < 4.78 is 8.53. The fourth-order valence-electron chi connectivity index (χ4n) is 3.25. The van der Waals surface area contributed by atoms with E-state index in [9.17, 15) is 10.2 Å². The van der Waals surface area contributed by atoms with Gasteiger partial charge < -0.3 is 14.9 Å². The highest BCUT2D eigenvalue weighted by Gasteiger charge is 2.54. The molecule has 0 bridgehead atoms. The number of ether oxygens (including phenoxy) is 1. The smallest absolute Gasteiger partial charge is 0.188 e. The predicted molar refractivity (Wildman–Crippen MR) is 93.9 cm³/mol. The number of fused-ring (bicyclic) bond motifs is 1. The van der Waals surface area contributed by atoms with Gasteiger partial charge >= 0.3 is 0 Å². The van der Waals surface area contributed by atoms with Crippen molar-refractivity contribution in [3.05, 3.63) is 76.8 Å². The molecule has 1 aliphatic heterocycles. The van der Waals surface area contributed by atoms with Crippen LogP contribution in [0.5, 0.6) is 5.75 Å². The summed E-state index contributed by atoms with van der Waals surface area (Å²) in [6.07, 6.45) is 0.862. The zero-order chi connectivity index (χ0) is 17.4. The normalized spacial score (nSPS) is 23.1. The lowest BCUT2D eigenvalue weighted by molar-refractivity contribution is -0.124. The highest BCUT2D eigenvalue weighted by Crippen LogP contribution is 2.50. The highest BCUT2D eigenvalue weighted by molar-refractivity contribution is 9.10. The van der Waals surface area contributed by atoms with Crippen LogP contribution in [0.1, 0.15) is 23.3 Å². The van der Waals surface area contributed by atoms with Crippen LogP contribution < -0.4 is 4.74 Å². The third kappa shape index (κ3) is 2.74. The van der Waals surface area contributed by atoms with Crippen molar-refractivity contribution in [2.45, 2.75) is 24.4 Å². The molecule has 7 heteroatoms. The summed E-state index contributed by atoms with van der Waals surface area (Å²) in [7, 11) is 0. The van der Waals surface area contributed by atoms with Crippen molar-refractivity contribution in [3.63, 3.8) is 0 Å². The van der Waals surface area contributed by atoms with Gasteiger partial charge in [-0.15, -0.1) is 0 Å². The maximum Gasteiger partial charge on any atom is 0.188 e. The van der Waals surface area contributed by atoms with E-state index in [1.54, 1.807) is 16.8 Å². The molecular formula is C18H16BrN3O3. The Balaban J connectivity index is 1.80. The summed E-state index contributed by atoms with van der Waals surface area (Å²) in [5, 5.41) is 26.3. The van der Waals surface area contributed by atoms with Crippen molar-refractivity contribution < 1.29 is 14.9 Å². The third-order valence-electron chi connectivity index (χ3n) is 4.48. The molecule has 0 fully saturated rings. The fraction of sp³-hybridized carbons (Fsp3) is 0.222. The topological polar surface area (TPSA) is 80.4 Å². The molecule has 2 heterocycles. The van der Waals surface area contributed by atoms with E-state index >= 15 is 0 Å². The number of halogens is 1. The average molecular weight is 402 g/mol. The lowest BCUT2D eigenvalue weighted by Crippen LogP contribution is -2.48. The Bertz CT molecular complexity index is 873. The first-order valence-electron chi connectivity index (χ1n) is 7.82. The Labute approximate surface area is 152 Å². The molecule has 3 atom stereocenters. The van der Waals surface area contributed by atoms with E-state index in [2.05, 4.69) is 26.0 Å². The number of rotatable bonds is 4. The van der Waals surface area contributed by atoms with Gasteiger partial charge in [0.15, 0.2) is 5.60 Å². The second-order valence-corrected chi connectivity index (χ2v) is 6.96. The zero-order valence-electron chi connectivity index (χ0n) is 13.2. The van der Waals surface area contributed by atoms with Crippen LogP contribution in [0.2, 0.25) is 0 Å². The van der Waals surface area contributed by atoms with Gasteiger partial charge in [0, 0.05) is 10.0 Å². The molecule has 0 aliphatic carbocycles. The summed E-state index contributed by atoms with van der Waals surface area (Å²) in [6.45, 7) is 0.149. The molecular weight excluding hydrogens is 386 g/mol. The van der Waals surface area contributed by atoms with E-state index in [0.29, 0.717) is 16.9 Å². The maximum absolute atomic E-state index is 11.1. The van der Waals surface area contributed by atoms with Gasteiger partial charge in [-0.3, -0.25) is 0 Å². The van der Waals surface area contributed by atoms with Crippen molar-refractivity contribution in [1.29, 1.82) is 0 Å². The molecule has 0 saturated carbocycles. The molecule has 0 amide bonds. The molecule has 25 heavy (non-hydrogen) atoms. The first-order chi connectivity index (χ1) is 12.1. The highest BCUT2D eigenvalue weighted by atomic mass is 79.9. The van der Waals surface area contributed by atoms with Crippen LogP contribution in [0, 0.1) is 0 Å². The minimum atomic E-state index is -1.31. The first kappa shape index (κ1) is 16.3. The van der Waals surface area contributed by atoms with Gasteiger partial charge in [0.25, 0.3) is 0 Å². The van der Waals surface area contributed by atoms with Crippen LogP contribution >= 0.6 is 15.9 Å². The van der Waals surface area contributed by atoms with E-state index < -0.39 is 17.8 Å². The number of nitrogens with zero attached hydrogens (tertiary/aromatic N) is 3. The van der Waals surface area contributed by atoms with Gasteiger partial charge in [-0.05, 0) is 23.8 Å². The number of aliphatic hydroxyl groups excluding tert-OH is 2. The van der Waals surface area contributed by atoms with Gasteiger partial charge in [-0.2, -0.15) is 5.10 Å². The molecule has 2 aromatic carbocycles. The van der Waals surface area contributed by atoms with Crippen LogP contribution in [-0.2, 0) is 6.54 Å². The maximum atomic E-state index is 11.1. The Morgan fingerprint density at radius 3 is 2.76 bits per heavy atom. The zero-order valence-corrected chi connectivity index (χ0v) is 14.7. The largest absolute Gasteiger partial charge is 0.479 e. The van der Waals surface area contributed by atoms with Gasteiger partial charge in [0.05, 0.1) is 6.54 Å². The molecule has 3 aromatic rings. The van der Waals surface area contributed by atoms with E-state index in [1.807, 2.05) is 36.4 Å². The predicted octanol–water partition coefficient (Wildman–Crippen LogP) is 2.64. The van der Waals surface area contributed by atoms with E-state index in [1.165, 1.54) is 12.7 Å². The SMILES string of the molecule is OC(c1ccccc1)C1(Cn2cncn2)Oc2ccc(Br)cc2C1O. The summed E-state index contributed by atoms with van der Waals surface area (Å²) in [5.74, 6) is 0.547. The van der Waals surface area contributed by atoms with Crippen molar-refractivity contribution in [2.24, 2.45) is 0 Å². The molecule has 128 valence electrons. The Hall–Kier alpha value is -2.22. The van der Waals surface area contributed by atoms with Gasteiger partial charge in [-0.1, -0.05) is 46.3 Å². The van der Waals surface area contributed by atoms with Gasteiger partial charge in [0.2, 0.25) is 0 Å². The Kier molecular flexibility index (Phi) is 4.07. The van der Waals surface area contributed by atoms with Gasteiger partial charge in [0.1, 0.15) is 30.6 Å². The molecule has 4 rings (SSSR count). The molecule has 0 spiro atoms. The molecule has 3 unspecified atom stereocenters. The van der Waals surface area contributed by atoms with Crippen molar-refractivity contribution in [2.75, 3.05) is 0 Å². The van der Waals surface area contributed by atoms with Gasteiger partial charge in [-0.25, -0.2) is 9.67 Å². The quantitative estimate of drug-likeness (QED) is 0.702. The number of hydrogen-bond acceptors (Lipinski definition) is 5. The number of benzene rings is 2. The summed E-state index contributed by atoms with van der Waals surface area (Å²) >= 11 is 3.42. The lowest BCUT2D eigenvalue weighted by atomic mass is 9.84. The molecule has 0 saturated heterocycles. The summed E-state index contributed by atoms with van der Waals surface area (Å²) in [4.78, 5) is 3.94. The Morgan fingerprint density at radius 1 is 1.24 bits per heavy atom.